The number of carbonyl (C=O) groups is 1. The van der Waals surface area contributed by atoms with Crippen molar-refractivity contribution >= 4 is 14.3 Å². The number of rotatable bonds is 13. The van der Waals surface area contributed by atoms with E-state index < -0.39 is 8.32 Å². The van der Waals surface area contributed by atoms with Crippen molar-refractivity contribution < 1.29 is 23.4 Å². The van der Waals surface area contributed by atoms with Crippen LogP contribution in [0.5, 0.6) is 0 Å². The minimum absolute atomic E-state index is 0.0378. The van der Waals surface area contributed by atoms with Crippen LogP contribution < -0.4 is 0 Å². The van der Waals surface area contributed by atoms with E-state index in [1.165, 1.54) is 32.1 Å². The molecule has 5 nitrogen and oxygen atoms in total. The summed E-state index contributed by atoms with van der Waals surface area (Å²) in [6, 6.07) is 0. The first-order valence-electron chi connectivity index (χ1n) is 14.4. The molecule has 1 unspecified atom stereocenters. The summed E-state index contributed by atoms with van der Waals surface area (Å²) in [5.74, 6) is -0.0835. The predicted molar refractivity (Wildman–Crippen MR) is 144 cm³/mol. The van der Waals surface area contributed by atoms with E-state index in [1.807, 2.05) is 0 Å². The lowest BCUT2D eigenvalue weighted by Gasteiger charge is -2.41. The molecule has 0 aromatic rings. The van der Waals surface area contributed by atoms with Gasteiger partial charge in [-0.05, 0) is 75.9 Å². The Morgan fingerprint density at radius 1 is 0.914 bits per heavy atom. The molecule has 3 saturated heterocycles. The minimum atomic E-state index is -1.90. The summed E-state index contributed by atoms with van der Waals surface area (Å²) in [7, 11) is -1.90. The zero-order valence-corrected chi connectivity index (χ0v) is 24.4. The van der Waals surface area contributed by atoms with Crippen LogP contribution in [0.25, 0.3) is 0 Å². The van der Waals surface area contributed by atoms with E-state index in [-0.39, 0.29) is 47.6 Å². The molecule has 3 fully saturated rings. The number of hydrogen-bond acceptors (Lipinski definition) is 5. The maximum Gasteiger partial charge on any atom is 0.306 e. The zero-order chi connectivity index (χ0) is 25.5. The number of unbranched alkanes of at least 4 members (excludes halogenated alkanes) is 4. The molecule has 0 aliphatic carbocycles. The Hall–Kier alpha value is -0.693. The molecule has 0 N–H and O–H groups in total. The second kappa shape index (κ2) is 13.2. The van der Waals surface area contributed by atoms with Gasteiger partial charge in [-0.25, -0.2) is 0 Å². The van der Waals surface area contributed by atoms with E-state index in [1.54, 1.807) is 0 Å². The van der Waals surface area contributed by atoms with E-state index in [9.17, 15) is 4.79 Å². The largest absolute Gasteiger partial charge is 0.460 e. The Morgan fingerprint density at radius 3 is 2.23 bits per heavy atom. The molecular formula is C29H52O5Si. The standard InChI is InChI=1S/C29H52O5Si/c1-7-8-9-10-11-12-13-14-15-27(34-35(5,6)29(2,3)4)26-19-18-23(32-26)22-16-17-24(31-22)25-20-21-28(30)33-25/h12-13,22-27H,7-11,14-21H2,1-6H3/b13-12+/t22-,23-,24-,25?,26+,27+/m0/s1. The number of ether oxygens (including phenoxy) is 3. The fraction of sp³-hybridized carbons (Fsp3) is 0.897. The molecule has 3 heterocycles. The van der Waals surface area contributed by atoms with Gasteiger partial charge in [0, 0.05) is 6.42 Å². The van der Waals surface area contributed by atoms with Gasteiger partial charge < -0.3 is 18.6 Å². The van der Waals surface area contributed by atoms with Crippen molar-refractivity contribution in [1.29, 1.82) is 0 Å². The first-order valence-corrected chi connectivity index (χ1v) is 17.3. The Labute approximate surface area is 215 Å². The van der Waals surface area contributed by atoms with Crippen molar-refractivity contribution in [2.24, 2.45) is 0 Å². The molecule has 0 bridgehead atoms. The highest BCUT2D eigenvalue weighted by atomic mass is 28.4. The molecule has 6 atom stereocenters. The van der Waals surface area contributed by atoms with Gasteiger partial charge in [0.25, 0.3) is 0 Å². The third-order valence-corrected chi connectivity index (χ3v) is 13.1. The van der Waals surface area contributed by atoms with E-state index in [2.05, 4.69) is 52.9 Å². The predicted octanol–water partition coefficient (Wildman–Crippen LogP) is 7.48. The van der Waals surface area contributed by atoms with Crippen molar-refractivity contribution in [3.8, 4) is 0 Å². The molecule has 0 saturated carbocycles. The van der Waals surface area contributed by atoms with E-state index >= 15 is 0 Å². The molecule has 202 valence electrons. The van der Waals surface area contributed by atoms with Crippen molar-refractivity contribution in [3.05, 3.63) is 12.2 Å². The molecule has 0 spiro atoms. The van der Waals surface area contributed by atoms with Crippen molar-refractivity contribution in [2.75, 3.05) is 0 Å². The van der Waals surface area contributed by atoms with E-state index in [4.69, 9.17) is 18.6 Å². The summed E-state index contributed by atoms with van der Waals surface area (Å²) >= 11 is 0. The smallest absolute Gasteiger partial charge is 0.306 e. The van der Waals surface area contributed by atoms with Gasteiger partial charge >= 0.3 is 5.97 Å². The minimum Gasteiger partial charge on any atom is -0.460 e. The second-order valence-corrected chi connectivity index (χ2v) is 17.2. The fourth-order valence-corrected chi connectivity index (χ4v) is 6.72. The third kappa shape index (κ3) is 8.41. The van der Waals surface area contributed by atoms with E-state index in [0.29, 0.717) is 6.42 Å². The monoisotopic (exact) mass is 508 g/mol. The van der Waals surface area contributed by atoms with Crippen molar-refractivity contribution in [3.63, 3.8) is 0 Å². The van der Waals surface area contributed by atoms with E-state index in [0.717, 1.165) is 44.9 Å². The molecule has 3 aliphatic rings. The molecule has 0 aromatic carbocycles. The topological polar surface area (TPSA) is 54.0 Å². The third-order valence-electron chi connectivity index (χ3n) is 8.59. The maximum atomic E-state index is 11.5. The molecule has 3 aliphatic heterocycles. The number of esters is 1. The first-order chi connectivity index (χ1) is 16.6. The average molecular weight is 509 g/mol. The number of hydrogen-bond donors (Lipinski definition) is 0. The molecule has 6 heteroatoms. The number of cyclic esters (lactones) is 1. The lowest BCUT2D eigenvalue weighted by atomic mass is 10.0. The van der Waals surface area contributed by atoms with Gasteiger partial charge in [0.1, 0.15) is 6.10 Å². The summed E-state index contributed by atoms with van der Waals surface area (Å²) in [6.45, 7) is 13.9. The average Bonchev–Trinajstić information content (AvgIpc) is 3.54. The Kier molecular flexibility index (Phi) is 10.9. The highest BCUT2D eigenvalue weighted by Gasteiger charge is 2.45. The van der Waals surface area contributed by atoms with Crippen LogP contribution in [0.4, 0.5) is 0 Å². The van der Waals surface area contributed by atoms with Gasteiger partial charge in [0.15, 0.2) is 8.32 Å². The summed E-state index contributed by atoms with van der Waals surface area (Å²) in [5, 5.41) is 0.179. The van der Waals surface area contributed by atoms with Gasteiger partial charge in [-0.1, -0.05) is 59.1 Å². The Morgan fingerprint density at radius 2 is 1.57 bits per heavy atom. The van der Waals surface area contributed by atoms with Gasteiger partial charge in [0.05, 0.1) is 30.5 Å². The van der Waals surface area contributed by atoms with Crippen LogP contribution in [0.15, 0.2) is 12.2 Å². The highest BCUT2D eigenvalue weighted by Crippen LogP contribution is 2.41. The first kappa shape index (κ1) is 28.9. The fourth-order valence-electron chi connectivity index (χ4n) is 5.34. The van der Waals surface area contributed by atoms with Crippen LogP contribution >= 0.6 is 0 Å². The quantitative estimate of drug-likeness (QED) is 0.112. The molecule has 3 rings (SSSR count). The Balaban J connectivity index is 1.53. The zero-order valence-electron chi connectivity index (χ0n) is 23.4. The maximum absolute atomic E-state index is 11.5. The van der Waals surface area contributed by atoms with Gasteiger partial charge in [-0.15, -0.1) is 0 Å². The molecule has 0 amide bonds. The SMILES string of the molecule is CCCCCC/C=C/CC[C@@H](O[Si](C)(C)C(C)(C)C)[C@H]1CC[C@@H]([C@@H]2CC[C@@H](C3CCC(=O)O3)O2)O1. The van der Waals surface area contributed by atoms with Gasteiger partial charge in [0.2, 0.25) is 0 Å². The van der Waals surface area contributed by atoms with Crippen LogP contribution in [-0.2, 0) is 23.4 Å². The van der Waals surface area contributed by atoms with Crippen LogP contribution in [0.3, 0.4) is 0 Å². The van der Waals surface area contributed by atoms with Crippen LogP contribution in [0.2, 0.25) is 18.1 Å². The molecular weight excluding hydrogens is 456 g/mol. The highest BCUT2D eigenvalue weighted by molar-refractivity contribution is 6.74. The lowest BCUT2D eigenvalue weighted by Crippen LogP contribution is -2.47. The van der Waals surface area contributed by atoms with Crippen molar-refractivity contribution in [2.45, 2.75) is 166 Å². The molecule has 35 heavy (non-hydrogen) atoms. The number of allylic oxidation sites excluding steroid dienone is 2. The summed E-state index contributed by atoms with van der Waals surface area (Å²) in [6.07, 6.45) is 19.0. The Bertz CT molecular complexity index is 685. The molecule has 0 aromatic heterocycles. The number of carbonyl (C=O) groups excluding carboxylic acids is 1. The van der Waals surface area contributed by atoms with Crippen LogP contribution in [0.1, 0.15) is 111 Å². The molecule has 0 radical (unpaired) electrons. The summed E-state index contributed by atoms with van der Waals surface area (Å²) in [4.78, 5) is 11.5. The van der Waals surface area contributed by atoms with Crippen LogP contribution in [0, 0.1) is 0 Å². The van der Waals surface area contributed by atoms with Gasteiger partial charge in [-0.3, -0.25) is 4.79 Å². The summed E-state index contributed by atoms with van der Waals surface area (Å²) in [5.41, 5.74) is 0. The second-order valence-electron chi connectivity index (χ2n) is 12.5. The van der Waals surface area contributed by atoms with Crippen LogP contribution in [-0.4, -0.2) is 50.9 Å². The normalized spacial score (nSPS) is 30.9. The van der Waals surface area contributed by atoms with Crippen molar-refractivity contribution in [1.82, 2.24) is 0 Å². The summed E-state index contributed by atoms with van der Waals surface area (Å²) < 4.78 is 25.4. The lowest BCUT2D eigenvalue weighted by molar-refractivity contribution is -0.149. The van der Waals surface area contributed by atoms with Gasteiger partial charge in [-0.2, -0.15) is 0 Å².